The van der Waals surface area contributed by atoms with Crippen molar-refractivity contribution in [2.45, 2.75) is 32.3 Å². The van der Waals surface area contributed by atoms with E-state index in [-0.39, 0.29) is 39.8 Å². The van der Waals surface area contributed by atoms with Gasteiger partial charge in [-0.3, -0.25) is 19.3 Å². The standard InChI is InChI=1S/C25H22Cl4N2O4S/c26-17-6-5-16(18(27)12-17)14-35-23-19(28)9-15(10-20(23)29)11-21-24(33)31(25(34)36-21)13-22(32)30-7-3-1-2-4-8-30/h5-6,9-12H,1-4,7-8,13-14H2. The molecule has 0 aliphatic carbocycles. The van der Waals surface area contributed by atoms with E-state index in [9.17, 15) is 14.4 Å². The fourth-order valence-corrected chi connectivity index (χ4v) is 5.85. The number of likely N-dealkylation sites (tertiary alicyclic amines) is 1. The van der Waals surface area contributed by atoms with E-state index in [4.69, 9.17) is 51.1 Å². The Bertz CT molecular complexity index is 1210. The number of nitrogens with zero attached hydrogens (tertiary/aromatic N) is 2. The van der Waals surface area contributed by atoms with Crippen molar-refractivity contribution in [2.24, 2.45) is 0 Å². The maximum absolute atomic E-state index is 12.9. The summed E-state index contributed by atoms with van der Waals surface area (Å²) in [6.07, 6.45) is 5.55. The zero-order valence-electron chi connectivity index (χ0n) is 19.1. The lowest BCUT2D eigenvalue weighted by molar-refractivity contribution is -0.135. The van der Waals surface area contributed by atoms with Crippen molar-refractivity contribution in [1.82, 2.24) is 9.80 Å². The van der Waals surface area contributed by atoms with Crippen LogP contribution >= 0.6 is 58.2 Å². The van der Waals surface area contributed by atoms with Crippen molar-refractivity contribution in [1.29, 1.82) is 0 Å². The highest BCUT2D eigenvalue weighted by atomic mass is 35.5. The first kappa shape index (κ1) is 27.1. The fourth-order valence-electron chi connectivity index (χ4n) is 3.93. The van der Waals surface area contributed by atoms with Crippen LogP contribution in [0.4, 0.5) is 4.79 Å². The van der Waals surface area contributed by atoms with Gasteiger partial charge in [0, 0.05) is 28.7 Å². The maximum atomic E-state index is 12.9. The Morgan fingerprint density at radius 3 is 2.25 bits per heavy atom. The lowest BCUT2D eigenvalue weighted by Gasteiger charge is -2.22. The molecule has 11 heteroatoms. The number of thioether (sulfide) groups is 1. The van der Waals surface area contributed by atoms with Crippen molar-refractivity contribution in [3.8, 4) is 5.75 Å². The first-order valence-corrected chi connectivity index (χ1v) is 13.6. The van der Waals surface area contributed by atoms with Crippen molar-refractivity contribution in [3.05, 3.63) is 66.5 Å². The number of ether oxygens (including phenoxy) is 1. The van der Waals surface area contributed by atoms with E-state index in [1.807, 2.05) is 0 Å². The smallest absolute Gasteiger partial charge is 0.294 e. The molecular formula is C25H22Cl4N2O4S. The van der Waals surface area contributed by atoms with Gasteiger partial charge in [0.2, 0.25) is 5.91 Å². The molecule has 0 radical (unpaired) electrons. The van der Waals surface area contributed by atoms with Crippen LogP contribution in [0.5, 0.6) is 5.75 Å². The molecule has 2 fully saturated rings. The molecule has 2 aliphatic rings. The monoisotopic (exact) mass is 586 g/mol. The van der Waals surface area contributed by atoms with E-state index < -0.39 is 11.1 Å². The largest absolute Gasteiger partial charge is 0.486 e. The van der Waals surface area contributed by atoms with Gasteiger partial charge < -0.3 is 9.64 Å². The summed E-state index contributed by atoms with van der Waals surface area (Å²) in [6.45, 7) is 1.17. The van der Waals surface area contributed by atoms with Crippen molar-refractivity contribution in [2.75, 3.05) is 19.6 Å². The summed E-state index contributed by atoms with van der Waals surface area (Å²) in [4.78, 5) is 41.0. The van der Waals surface area contributed by atoms with Gasteiger partial charge in [0.25, 0.3) is 11.1 Å². The van der Waals surface area contributed by atoms with Crippen LogP contribution in [0.15, 0.2) is 35.2 Å². The van der Waals surface area contributed by atoms with E-state index in [2.05, 4.69) is 0 Å². The predicted molar refractivity (Wildman–Crippen MR) is 145 cm³/mol. The zero-order chi connectivity index (χ0) is 25.8. The molecule has 2 heterocycles. The summed E-state index contributed by atoms with van der Waals surface area (Å²) >= 11 is 25.7. The molecule has 0 saturated carbocycles. The van der Waals surface area contributed by atoms with Crippen molar-refractivity contribution >= 4 is 81.3 Å². The molecule has 3 amide bonds. The Morgan fingerprint density at radius 1 is 0.944 bits per heavy atom. The van der Waals surface area contributed by atoms with Crippen LogP contribution in [-0.2, 0) is 16.2 Å². The number of hydrogen-bond donors (Lipinski definition) is 0. The van der Waals surface area contributed by atoms with Crippen molar-refractivity contribution < 1.29 is 19.1 Å². The number of hydrogen-bond acceptors (Lipinski definition) is 5. The van der Waals surface area contributed by atoms with Gasteiger partial charge in [-0.25, -0.2) is 0 Å². The number of carbonyl (C=O) groups excluding carboxylic acids is 3. The van der Waals surface area contributed by atoms with Crippen molar-refractivity contribution in [3.63, 3.8) is 0 Å². The molecule has 4 rings (SSSR count). The third-order valence-corrected chi connectivity index (χ3v) is 7.89. The molecule has 2 saturated heterocycles. The highest BCUT2D eigenvalue weighted by molar-refractivity contribution is 8.18. The average Bonchev–Trinajstić information content (AvgIpc) is 3.01. The lowest BCUT2D eigenvalue weighted by atomic mass is 10.2. The van der Waals surface area contributed by atoms with Crippen LogP contribution in [0.3, 0.4) is 0 Å². The van der Waals surface area contributed by atoms with Gasteiger partial charge in [-0.1, -0.05) is 65.3 Å². The van der Waals surface area contributed by atoms with Gasteiger partial charge in [0.05, 0.1) is 15.0 Å². The molecule has 0 atom stereocenters. The number of imide groups is 1. The zero-order valence-corrected chi connectivity index (χ0v) is 22.9. The molecule has 0 unspecified atom stereocenters. The Hall–Kier alpha value is -1.90. The quantitative estimate of drug-likeness (QED) is 0.331. The summed E-state index contributed by atoms with van der Waals surface area (Å²) in [5.74, 6) is -0.468. The van der Waals surface area contributed by atoms with Gasteiger partial charge in [0.15, 0.2) is 5.75 Å². The Balaban J connectivity index is 1.45. The molecule has 0 aromatic heterocycles. The second kappa shape index (κ2) is 12.1. The van der Waals surface area contributed by atoms with Gasteiger partial charge in [0.1, 0.15) is 13.2 Å². The van der Waals surface area contributed by atoms with E-state index in [1.54, 1.807) is 35.2 Å². The van der Waals surface area contributed by atoms with Crippen LogP contribution < -0.4 is 4.74 Å². The Kier molecular flexibility index (Phi) is 9.12. The number of carbonyl (C=O) groups is 3. The third-order valence-electron chi connectivity index (χ3n) is 5.83. The van der Waals surface area contributed by atoms with Crippen LogP contribution in [0, 0.1) is 0 Å². The number of rotatable bonds is 6. The predicted octanol–water partition coefficient (Wildman–Crippen LogP) is 7.32. The minimum absolute atomic E-state index is 0.124. The Labute approximate surface area is 233 Å². The SMILES string of the molecule is O=C(CN1C(=O)SC(=Cc2cc(Cl)c(OCc3ccc(Cl)cc3Cl)c(Cl)c2)C1=O)N1CCCCCC1. The van der Waals surface area contributed by atoms with E-state index in [0.717, 1.165) is 42.3 Å². The topological polar surface area (TPSA) is 66.9 Å². The molecule has 2 aromatic rings. The summed E-state index contributed by atoms with van der Waals surface area (Å²) in [6, 6.07) is 8.23. The van der Waals surface area contributed by atoms with E-state index >= 15 is 0 Å². The first-order chi connectivity index (χ1) is 17.2. The normalized spacial score (nSPS) is 17.6. The first-order valence-electron chi connectivity index (χ1n) is 11.3. The minimum Gasteiger partial charge on any atom is -0.486 e. The Morgan fingerprint density at radius 2 is 1.61 bits per heavy atom. The summed E-state index contributed by atoms with van der Waals surface area (Å²) in [5, 5.41) is 0.950. The van der Waals surface area contributed by atoms with Gasteiger partial charge >= 0.3 is 0 Å². The number of halogens is 4. The molecule has 2 aromatic carbocycles. The van der Waals surface area contributed by atoms with Crippen LogP contribution in [0.2, 0.25) is 20.1 Å². The van der Waals surface area contributed by atoms with Crippen LogP contribution in [-0.4, -0.2) is 46.5 Å². The summed E-state index contributed by atoms with van der Waals surface area (Å²) < 4.78 is 5.78. The lowest BCUT2D eigenvalue weighted by Crippen LogP contribution is -2.42. The highest BCUT2D eigenvalue weighted by Gasteiger charge is 2.37. The van der Waals surface area contributed by atoms with Gasteiger partial charge in [-0.05, 0) is 60.5 Å². The van der Waals surface area contributed by atoms with E-state index in [1.165, 1.54) is 6.08 Å². The molecule has 190 valence electrons. The van der Waals surface area contributed by atoms with E-state index in [0.29, 0.717) is 34.3 Å². The second-order valence-electron chi connectivity index (χ2n) is 8.40. The molecule has 0 spiro atoms. The summed E-state index contributed by atoms with van der Waals surface area (Å²) in [5.41, 5.74) is 1.23. The molecule has 0 N–H and O–H groups in total. The maximum Gasteiger partial charge on any atom is 0.294 e. The number of benzene rings is 2. The molecule has 6 nitrogen and oxygen atoms in total. The van der Waals surface area contributed by atoms with Crippen LogP contribution in [0.1, 0.15) is 36.8 Å². The number of amides is 3. The average molecular weight is 588 g/mol. The fraction of sp³-hybridized carbons (Fsp3) is 0.320. The minimum atomic E-state index is -0.516. The molecule has 2 aliphatic heterocycles. The molecular weight excluding hydrogens is 566 g/mol. The molecule has 36 heavy (non-hydrogen) atoms. The van der Waals surface area contributed by atoms with Crippen LogP contribution in [0.25, 0.3) is 6.08 Å². The van der Waals surface area contributed by atoms with Gasteiger partial charge in [-0.15, -0.1) is 0 Å². The van der Waals surface area contributed by atoms with Gasteiger partial charge in [-0.2, -0.15) is 0 Å². The highest BCUT2D eigenvalue weighted by Crippen LogP contribution is 2.38. The summed E-state index contributed by atoms with van der Waals surface area (Å²) in [7, 11) is 0. The molecule has 0 bridgehead atoms. The second-order valence-corrected chi connectivity index (χ2v) is 11.1. The third kappa shape index (κ3) is 6.50.